The normalized spacial score (nSPS) is 10.8. The smallest absolute Gasteiger partial charge is 0.226 e. The largest absolute Gasteiger partial charge is 0.495 e. The topological polar surface area (TPSA) is 79.0 Å². The van der Waals surface area contributed by atoms with Gasteiger partial charge in [0.1, 0.15) is 11.5 Å². The number of nitrogens with zero attached hydrogens (tertiary/aromatic N) is 5. The minimum Gasteiger partial charge on any atom is -0.495 e. The van der Waals surface area contributed by atoms with E-state index in [9.17, 15) is 0 Å². The van der Waals surface area contributed by atoms with Gasteiger partial charge in [-0.15, -0.1) is 5.10 Å². The van der Waals surface area contributed by atoms with Crippen LogP contribution in [-0.4, -0.2) is 38.0 Å². The molecule has 0 amide bonds. The van der Waals surface area contributed by atoms with Crippen molar-refractivity contribution in [3.05, 3.63) is 60.7 Å². The molecule has 8 nitrogen and oxygen atoms in total. The summed E-state index contributed by atoms with van der Waals surface area (Å²) in [5, 5.41) is 7.87. The number of hydrogen-bond acceptors (Lipinski definition) is 6. The van der Waals surface area contributed by atoms with Crippen LogP contribution in [-0.2, 0) is 7.05 Å². The number of imidazole rings is 1. The zero-order chi connectivity index (χ0) is 21.1. The number of rotatable bonds is 7. The first-order valence-corrected chi connectivity index (χ1v) is 9.68. The summed E-state index contributed by atoms with van der Waals surface area (Å²) < 4.78 is 14.9. The molecule has 2 aromatic carbocycles. The summed E-state index contributed by atoms with van der Waals surface area (Å²) in [6.07, 6.45) is 3.72. The summed E-state index contributed by atoms with van der Waals surface area (Å²) in [6, 6.07) is 13.6. The summed E-state index contributed by atoms with van der Waals surface area (Å²) in [6.45, 7) is 4.50. The van der Waals surface area contributed by atoms with Gasteiger partial charge in [-0.25, -0.2) is 9.67 Å². The van der Waals surface area contributed by atoms with Crippen molar-refractivity contribution < 1.29 is 9.47 Å². The Morgan fingerprint density at radius 3 is 2.67 bits per heavy atom. The molecule has 154 valence electrons. The lowest BCUT2D eigenvalue weighted by atomic mass is 10.1. The maximum Gasteiger partial charge on any atom is 0.226 e. The van der Waals surface area contributed by atoms with Crippen LogP contribution >= 0.6 is 0 Å². The van der Waals surface area contributed by atoms with E-state index >= 15 is 0 Å². The van der Waals surface area contributed by atoms with Crippen LogP contribution in [0.4, 0.5) is 11.6 Å². The highest BCUT2D eigenvalue weighted by Gasteiger charge is 2.14. The van der Waals surface area contributed by atoms with E-state index in [0.29, 0.717) is 24.1 Å². The van der Waals surface area contributed by atoms with Gasteiger partial charge < -0.3 is 19.4 Å². The fourth-order valence-electron chi connectivity index (χ4n) is 3.17. The second-order valence-electron chi connectivity index (χ2n) is 6.75. The zero-order valence-corrected chi connectivity index (χ0v) is 17.5. The second-order valence-corrected chi connectivity index (χ2v) is 6.75. The first-order valence-electron chi connectivity index (χ1n) is 9.68. The van der Waals surface area contributed by atoms with Gasteiger partial charge in [0.15, 0.2) is 5.82 Å². The molecule has 0 aliphatic rings. The van der Waals surface area contributed by atoms with Crippen LogP contribution in [0.5, 0.6) is 11.5 Å². The molecule has 0 bridgehead atoms. The molecule has 0 radical (unpaired) electrons. The van der Waals surface area contributed by atoms with Crippen molar-refractivity contribution in [2.45, 2.75) is 13.8 Å². The molecule has 2 heterocycles. The number of aryl methyl sites for hydroxylation is 2. The monoisotopic (exact) mass is 404 g/mol. The number of anilines is 2. The third kappa shape index (κ3) is 3.84. The van der Waals surface area contributed by atoms with Crippen molar-refractivity contribution >= 4 is 11.6 Å². The molecule has 0 atom stereocenters. The average Bonchev–Trinajstić information content (AvgIpc) is 3.35. The molecule has 0 unspecified atom stereocenters. The molecule has 4 rings (SSSR count). The summed E-state index contributed by atoms with van der Waals surface area (Å²) in [5.74, 6) is 2.70. The molecule has 2 aromatic heterocycles. The van der Waals surface area contributed by atoms with Crippen molar-refractivity contribution in [2.75, 3.05) is 19.0 Å². The zero-order valence-electron chi connectivity index (χ0n) is 17.5. The van der Waals surface area contributed by atoms with Gasteiger partial charge in [0, 0.05) is 18.8 Å². The summed E-state index contributed by atoms with van der Waals surface area (Å²) in [4.78, 5) is 8.95. The van der Waals surface area contributed by atoms with Crippen molar-refractivity contribution in [1.82, 2.24) is 24.3 Å². The van der Waals surface area contributed by atoms with Gasteiger partial charge in [-0.05, 0) is 44.2 Å². The summed E-state index contributed by atoms with van der Waals surface area (Å²) in [5.41, 5.74) is 3.54. The molecule has 0 aliphatic heterocycles. The van der Waals surface area contributed by atoms with Gasteiger partial charge in [-0.2, -0.15) is 4.98 Å². The van der Waals surface area contributed by atoms with Crippen LogP contribution in [0.15, 0.2) is 55.0 Å². The number of hydrogen-bond donors (Lipinski definition) is 1. The second kappa shape index (κ2) is 8.28. The molecular weight excluding hydrogens is 380 g/mol. The summed E-state index contributed by atoms with van der Waals surface area (Å²) >= 11 is 0. The molecule has 0 saturated heterocycles. The molecule has 0 spiro atoms. The predicted octanol–water partition coefficient (Wildman–Crippen LogP) is 4.13. The molecule has 0 aliphatic carbocycles. The Morgan fingerprint density at radius 2 is 1.93 bits per heavy atom. The van der Waals surface area contributed by atoms with Gasteiger partial charge in [0.2, 0.25) is 5.95 Å². The van der Waals surface area contributed by atoms with Crippen molar-refractivity contribution in [3.8, 4) is 28.6 Å². The average molecular weight is 404 g/mol. The third-order valence-corrected chi connectivity index (χ3v) is 4.62. The Labute approximate surface area is 175 Å². The van der Waals surface area contributed by atoms with Crippen LogP contribution in [0, 0.1) is 6.92 Å². The van der Waals surface area contributed by atoms with Crippen LogP contribution < -0.4 is 14.8 Å². The van der Waals surface area contributed by atoms with Crippen molar-refractivity contribution in [1.29, 1.82) is 0 Å². The Balaban J connectivity index is 1.65. The highest BCUT2D eigenvalue weighted by atomic mass is 16.5. The lowest BCUT2D eigenvalue weighted by molar-refractivity contribution is 0.342. The van der Waals surface area contributed by atoms with Gasteiger partial charge in [-0.1, -0.05) is 12.1 Å². The fraction of sp³-hybridized carbons (Fsp3) is 0.227. The molecule has 30 heavy (non-hydrogen) atoms. The Bertz CT molecular complexity index is 1160. The van der Waals surface area contributed by atoms with Crippen molar-refractivity contribution in [2.24, 2.45) is 7.05 Å². The number of para-hydroxylation sites is 2. The molecule has 1 N–H and O–H groups in total. The minimum absolute atomic E-state index is 0.589. The number of benzene rings is 2. The van der Waals surface area contributed by atoms with E-state index in [0.717, 1.165) is 28.4 Å². The maximum absolute atomic E-state index is 5.68. The first-order chi connectivity index (χ1) is 14.6. The highest BCUT2D eigenvalue weighted by molar-refractivity contribution is 5.66. The SMILES string of the molecule is CCOc1ccccc1Nc1nc(-c2ccc(-n3cnc(C)c3)c(OC)c2)nn1C. The van der Waals surface area contributed by atoms with Crippen LogP contribution in [0.25, 0.3) is 17.1 Å². The van der Waals surface area contributed by atoms with E-state index in [1.807, 2.05) is 74.1 Å². The van der Waals surface area contributed by atoms with Crippen LogP contribution in [0.2, 0.25) is 0 Å². The van der Waals surface area contributed by atoms with Gasteiger partial charge in [-0.3, -0.25) is 0 Å². The van der Waals surface area contributed by atoms with E-state index in [2.05, 4.69) is 20.4 Å². The van der Waals surface area contributed by atoms with E-state index in [1.54, 1.807) is 18.1 Å². The van der Waals surface area contributed by atoms with Gasteiger partial charge >= 0.3 is 0 Å². The van der Waals surface area contributed by atoms with Gasteiger partial charge in [0.05, 0.1) is 37.1 Å². The Hall–Kier alpha value is -3.81. The van der Waals surface area contributed by atoms with Crippen LogP contribution in [0.3, 0.4) is 0 Å². The molecular formula is C22H24N6O2. The lowest BCUT2D eigenvalue weighted by Gasteiger charge is -2.11. The minimum atomic E-state index is 0.589. The molecule has 0 saturated carbocycles. The number of methoxy groups -OCH3 is 1. The molecule has 0 fully saturated rings. The lowest BCUT2D eigenvalue weighted by Crippen LogP contribution is -2.02. The van der Waals surface area contributed by atoms with E-state index in [4.69, 9.17) is 9.47 Å². The van der Waals surface area contributed by atoms with Crippen molar-refractivity contribution in [3.63, 3.8) is 0 Å². The predicted molar refractivity (Wildman–Crippen MR) is 116 cm³/mol. The van der Waals surface area contributed by atoms with Crippen LogP contribution in [0.1, 0.15) is 12.6 Å². The number of ether oxygens (including phenoxy) is 2. The fourth-order valence-corrected chi connectivity index (χ4v) is 3.17. The summed E-state index contributed by atoms with van der Waals surface area (Å²) in [7, 11) is 3.50. The Kier molecular flexibility index (Phi) is 5.38. The number of nitrogens with one attached hydrogen (secondary N) is 1. The first kappa shape index (κ1) is 19.5. The van der Waals surface area contributed by atoms with E-state index < -0.39 is 0 Å². The quantitative estimate of drug-likeness (QED) is 0.499. The van der Waals surface area contributed by atoms with E-state index in [-0.39, 0.29) is 0 Å². The van der Waals surface area contributed by atoms with Gasteiger partial charge in [0.25, 0.3) is 0 Å². The molecule has 4 aromatic rings. The third-order valence-electron chi connectivity index (χ3n) is 4.62. The maximum atomic E-state index is 5.68. The highest BCUT2D eigenvalue weighted by Crippen LogP contribution is 2.31. The standard InChI is InChI=1S/C22H24N6O2/c1-5-30-19-9-7-6-8-17(19)24-22-25-21(26-27(22)3)16-10-11-18(20(12-16)29-4)28-13-15(2)23-14-28/h6-14H,5H2,1-4H3,(H,24,25,26). The number of aromatic nitrogens is 5. The molecule has 8 heteroatoms. The Morgan fingerprint density at radius 1 is 1.10 bits per heavy atom. The van der Waals surface area contributed by atoms with E-state index in [1.165, 1.54) is 0 Å².